The van der Waals surface area contributed by atoms with E-state index in [1.165, 1.54) is 5.56 Å². The van der Waals surface area contributed by atoms with E-state index in [0.29, 0.717) is 6.54 Å². The van der Waals surface area contributed by atoms with Crippen molar-refractivity contribution in [2.75, 3.05) is 18.5 Å². The minimum absolute atomic E-state index is 0.0281. The van der Waals surface area contributed by atoms with Crippen LogP contribution in [-0.4, -0.2) is 47.6 Å². The van der Waals surface area contributed by atoms with E-state index in [4.69, 9.17) is 5.11 Å². The maximum absolute atomic E-state index is 12.7. The van der Waals surface area contributed by atoms with Crippen molar-refractivity contribution in [1.82, 2.24) is 4.90 Å². The molecule has 2 atom stereocenters. The number of hydrogen-bond donors (Lipinski definition) is 1. The lowest BCUT2D eigenvalue weighted by Crippen LogP contribution is -2.48. The van der Waals surface area contributed by atoms with Gasteiger partial charge in [-0.2, -0.15) is 0 Å². The predicted molar refractivity (Wildman–Crippen MR) is 81.4 cm³/mol. The number of carboxylic acid groups (broad SMARTS) is 1. The molecule has 1 aromatic rings. The molecule has 1 aliphatic heterocycles. The third kappa shape index (κ3) is 3.24. The second-order valence-corrected chi connectivity index (χ2v) is 5.69. The summed E-state index contributed by atoms with van der Waals surface area (Å²) in [5, 5.41) is 8.74. The van der Waals surface area contributed by atoms with Crippen molar-refractivity contribution < 1.29 is 14.7 Å². The molecule has 0 saturated carbocycles. The molecule has 0 saturated heterocycles. The van der Waals surface area contributed by atoms with Crippen LogP contribution in [0.2, 0.25) is 0 Å². The number of carbonyl (C=O) groups excluding carboxylic acids is 1. The Morgan fingerprint density at radius 1 is 1.43 bits per heavy atom. The average Bonchev–Trinajstić information content (AvgIpc) is 2.78. The number of anilines is 1. The lowest BCUT2D eigenvalue weighted by atomic mass is 10.1. The van der Waals surface area contributed by atoms with E-state index in [9.17, 15) is 9.59 Å². The van der Waals surface area contributed by atoms with Gasteiger partial charge in [-0.1, -0.05) is 18.2 Å². The molecule has 5 nitrogen and oxygen atoms in total. The van der Waals surface area contributed by atoms with Gasteiger partial charge in [0, 0.05) is 18.3 Å². The fourth-order valence-electron chi connectivity index (χ4n) is 2.76. The van der Waals surface area contributed by atoms with Crippen LogP contribution in [0.1, 0.15) is 25.8 Å². The number of benzene rings is 1. The summed E-state index contributed by atoms with van der Waals surface area (Å²) in [6, 6.07) is 7.76. The van der Waals surface area contributed by atoms with Crippen LogP contribution in [0.3, 0.4) is 0 Å². The lowest BCUT2D eigenvalue weighted by Gasteiger charge is -2.30. The fourth-order valence-corrected chi connectivity index (χ4v) is 2.76. The zero-order valence-corrected chi connectivity index (χ0v) is 12.7. The first-order valence-corrected chi connectivity index (χ1v) is 7.24. The standard InChI is InChI=1S/C16H22N2O3/c1-11-10-13-6-4-5-7-14(13)18(11)16(21)12(2)17(3)9-8-15(19)20/h4-7,11-12H,8-10H2,1-3H3,(H,19,20). The molecule has 1 heterocycles. The van der Waals surface area contributed by atoms with E-state index < -0.39 is 5.97 Å². The Balaban J connectivity index is 2.10. The van der Waals surface area contributed by atoms with Crippen LogP contribution < -0.4 is 4.90 Å². The van der Waals surface area contributed by atoms with E-state index >= 15 is 0 Å². The number of carboxylic acids is 1. The van der Waals surface area contributed by atoms with Crippen molar-refractivity contribution in [2.24, 2.45) is 0 Å². The smallest absolute Gasteiger partial charge is 0.304 e. The highest BCUT2D eigenvalue weighted by molar-refractivity contribution is 5.99. The Labute approximate surface area is 125 Å². The van der Waals surface area contributed by atoms with Crippen molar-refractivity contribution in [3.63, 3.8) is 0 Å². The molecule has 0 spiro atoms. The molecule has 21 heavy (non-hydrogen) atoms. The second kappa shape index (κ2) is 6.26. The van der Waals surface area contributed by atoms with Crippen LogP contribution in [0.25, 0.3) is 0 Å². The van der Waals surface area contributed by atoms with Gasteiger partial charge in [0.2, 0.25) is 5.91 Å². The summed E-state index contributed by atoms with van der Waals surface area (Å²) >= 11 is 0. The number of rotatable bonds is 5. The minimum atomic E-state index is -0.846. The Morgan fingerprint density at radius 2 is 2.10 bits per heavy atom. The summed E-state index contributed by atoms with van der Waals surface area (Å²) in [7, 11) is 1.79. The quantitative estimate of drug-likeness (QED) is 0.897. The number of aliphatic carboxylic acids is 1. The molecule has 1 amide bonds. The highest BCUT2D eigenvalue weighted by Crippen LogP contribution is 2.32. The molecule has 1 aliphatic rings. The number of amides is 1. The molecule has 2 unspecified atom stereocenters. The summed E-state index contributed by atoms with van der Waals surface area (Å²) in [4.78, 5) is 27.0. The van der Waals surface area contributed by atoms with Crippen LogP contribution in [0.4, 0.5) is 5.69 Å². The first-order chi connectivity index (χ1) is 9.91. The van der Waals surface area contributed by atoms with Gasteiger partial charge in [-0.3, -0.25) is 14.5 Å². The van der Waals surface area contributed by atoms with Gasteiger partial charge in [-0.05, 0) is 38.9 Å². The van der Waals surface area contributed by atoms with Gasteiger partial charge in [0.05, 0.1) is 12.5 Å². The minimum Gasteiger partial charge on any atom is -0.481 e. The summed E-state index contributed by atoms with van der Waals surface area (Å²) in [6.07, 6.45) is 0.910. The van der Waals surface area contributed by atoms with Gasteiger partial charge in [-0.25, -0.2) is 0 Å². The van der Waals surface area contributed by atoms with E-state index in [1.54, 1.807) is 11.9 Å². The van der Waals surface area contributed by atoms with Crippen LogP contribution in [0.5, 0.6) is 0 Å². The molecule has 0 radical (unpaired) electrons. The largest absolute Gasteiger partial charge is 0.481 e. The summed E-state index contributed by atoms with van der Waals surface area (Å²) in [5.41, 5.74) is 2.17. The third-order valence-corrected chi connectivity index (χ3v) is 4.14. The highest BCUT2D eigenvalue weighted by Gasteiger charge is 2.34. The molecule has 114 valence electrons. The monoisotopic (exact) mass is 290 g/mol. The molecule has 0 fully saturated rings. The van der Waals surface area contributed by atoms with E-state index in [1.807, 2.05) is 36.9 Å². The number of likely N-dealkylation sites (N-methyl/N-ethyl adjacent to an activating group) is 1. The van der Waals surface area contributed by atoms with Gasteiger partial charge in [0.15, 0.2) is 0 Å². The first-order valence-electron chi connectivity index (χ1n) is 7.24. The predicted octanol–water partition coefficient (Wildman–Crippen LogP) is 1.76. The topological polar surface area (TPSA) is 60.9 Å². The molecular weight excluding hydrogens is 268 g/mol. The van der Waals surface area contributed by atoms with Gasteiger partial charge >= 0.3 is 5.97 Å². The Morgan fingerprint density at radius 3 is 2.76 bits per heavy atom. The number of carbonyl (C=O) groups is 2. The van der Waals surface area contributed by atoms with Crippen LogP contribution >= 0.6 is 0 Å². The number of hydrogen-bond acceptors (Lipinski definition) is 3. The van der Waals surface area contributed by atoms with Crippen molar-refractivity contribution in [2.45, 2.75) is 38.8 Å². The molecule has 0 aliphatic carbocycles. The van der Waals surface area contributed by atoms with Gasteiger partial charge < -0.3 is 10.0 Å². The van der Waals surface area contributed by atoms with E-state index in [2.05, 4.69) is 6.07 Å². The number of fused-ring (bicyclic) bond motifs is 1. The van der Waals surface area contributed by atoms with Crippen LogP contribution in [0, 0.1) is 0 Å². The third-order valence-electron chi connectivity index (χ3n) is 4.14. The Bertz CT molecular complexity index is 544. The van der Waals surface area contributed by atoms with Crippen molar-refractivity contribution in [1.29, 1.82) is 0 Å². The zero-order valence-electron chi connectivity index (χ0n) is 12.7. The van der Waals surface area contributed by atoms with Crippen LogP contribution in [-0.2, 0) is 16.0 Å². The number of para-hydroxylation sites is 1. The van der Waals surface area contributed by atoms with Crippen molar-refractivity contribution in [3.8, 4) is 0 Å². The number of nitrogens with zero attached hydrogens (tertiary/aromatic N) is 2. The molecule has 5 heteroatoms. The average molecular weight is 290 g/mol. The zero-order chi connectivity index (χ0) is 15.6. The molecule has 0 bridgehead atoms. The maximum atomic E-state index is 12.7. The maximum Gasteiger partial charge on any atom is 0.304 e. The molecular formula is C16H22N2O3. The van der Waals surface area contributed by atoms with Crippen molar-refractivity contribution >= 4 is 17.6 Å². The van der Waals surface area contributed by atoms with E-state index in [0.717, 1.165) is 12.1 Å². The fraction of sp³-hybridized carbons (Fsp3) is 0.500. The SMILES string of the molecule is CC(C(=O)N1c2ccccc2CC1C)N(C)CCC(=O)O. The Kier molecular flexibility index (Phi) is 4.63. The normalized spacial score (nSPS) is 18.7. The van der Waals surface area contributed by atoms with Gasteiger partial charge in [-0.15, -0.1) is 0 Å². The first kappa shape index (κ1) is 15.5. The van der Waals surface area contributed by atoms with Crippen LogP contribution in [0.15, 0.2) is 24.3 Å². The molecule has 2 rings (SSSR count). The summed E-state index contributed by atoms with van der Waals surface area (Å²) in [6.45, 7) is 4.24. The highest BCUT2D eigenvalue weighted by atomic mass is 16.4. The lowest BCUT2D eigenvalue weighted by molar-refractivity contribution is -0.138. The van der Waals surface area contributed by atoms with Gasteiger partial charge in [0.25, 0.3) is 0 Å². The molecule has 0 aromatic heterocycles. The Hall–Kier alpha value is -1.88. The summed E-state index contributed by atoms with van der Waals surface area (Å²) < 4.78 is 0. The molecule has 1 N–H and O–H groups in total. The van der Waals surface area contributed by atoms with E-state index in [-0.39, 0.29) is 24.4 Å². The second-order valence-electron chi connectivity index (χ2n) is 5.69. The van der Waals surface area contributed by atoms with Gasteiger partial charge in [0.1, 0.15) is 0 Å². The molecule has 1 aromatic carbocycles. The van der Waals surface area contributed by atoms with Crippen molar-refractivity contribution in [3.05, 3.63) is 29.8 Å². The summed E-state index contributed by atoms with van der Waals surface area (Å²) in [5.74, 6) is -0.818.